The molecule has 0 fully saturated rings. The summed E-state index contributed by atoms with van der Waals surface area (Å²) < 4.78 is 10.9. The van der Waals surface area contributed by atoms with Gasteiger partial charge in [-0.05, 0) is 37.6 Å². The summed E-state index contributed by atoms with van der Waals surface area (Å²) in [6.07, 6.45) is -0.643. The Bertz CT molecular complexity index is 546. The highest BCUT2D eigenvalue weighted by atomic mass is 16.5. The molecule has 3 nitrogen and oxygen atoms in total. The lowest BCUT2D eigenvalue weighted by Crippen LogP contribution is -2.09. The molecule has 0 aliphatic heterocycles. The summed E-state index contributed by atoms with van der Waals surface area (Å²) in [6.45, 7) is 3.94. The monoisotopic (exact) mass is 272 g/mol. The highest BCUT2D eigenvalue weighted by Crippen LogP contribution is 2.31. The van der Waals surface area contributed by atoms with Gasteiger partial charge in [-0.25, -0.2) is 0 Å². The lowest BCUT2D eigenvalue weighted by molar-refractivity contribution is 0.198. The predicted molar refractivity (Wildman–Crippen MR) is 79.3 cm³/mol. The van der Waals surface area contributed by atoms with Crippen LogP contribution in [0.25, 0.3) is 0 Å². The first-order chi connectivity index (χ1) is 9.61. The van der Waals surface area contributed by atoms with Crippen LogP contribution in [0.2, 0.25) is 0 Å². The molecule has 106 valence electrons. The standard InChI is InChI=1S/C17H20O3/c1-12(2)20-16-7-5-4-6-15(16)17(18)13-8-10-14(19-3)11-9-13/h4-12,17-18H,1-3H3. The minimum Gasteiger partial charge on any atom is -0.497 e. The van der Waals surface area contributed by atoms with Gasteiger partial charge in [0, 0.05) is 5.56 Å². The lowest BCUT2D eigenvalue weighted by atomic mass is 10.0. The van der Waals surface area contributed by atoms with Gasteiger partial charge in [0.25, 0.3) is 0 Å². The van der Waals surface area contributed by atoms with E-state index in [2.05, 4.69) is 0 Å². The minimum absolute atomic E-state index is 0.0687. The summed E-state index contributed by atoms with van der Waals surface area (Å²) in [5.74, 6) is 1.48. The van der Waals surface area contributed by atoms with Gasteiger partial charge >= 0.3 is 0 Å². The molecule has 0 heterocycles. The topological polar surface area (TPSA) is 38.7 Å². The fraction of sp³-hybridized carbons (Fsp3) is 0.294. The van der Waals surface area contributed by atoms with Crippen LogP contribution in [0.5, 0.6) is 11.5 Å². The summed E-state index contributed by atoms with van der Waals surface area (Å²) in [6, 6.07) is 15.0. The molecule has 0 saturated heterocycles. The smallest absolute Gasteiger partial charge is 0.125 e. The Morgan fingerprint density at radius 2 is 1.60 bits per heavy atom. The van der Waals surface area contributed by atoms with Gasteiger partial charge < -0.3 is 14.6 Å². The van der Waals surface area contributed by atoms with Crippen LogP contribution in [-0.4, -0.2) is 18.3 Å². The van der Waals surface area contributed by atoms with E-state index in [9.17, 15) is 5.11 Å². The van der Waals surface area contributed by atoms with Gasteiger partial charge in [-0.1, -0.05) is 30.3 Å². The molecule has 3 heteroatoms. The van der Waals surface area contributed by atoms with E-state index >= 15 is 0 Å². The zero-order chi connectivity index (χ0) is 14.5. The molecular weight excluding hydrogens is 252 g/mol. The van der Waals surface area contributed by atoms with Crippen molar-refractivity contribution in [3.05, 3.63) is 59.7 Å². The molecule has 1 atom stereocenters. The fourth-order valence-electron chi connectivity index (χ4n) is 2.03. The van der Waals surface area contributed by atoms with Crippen molar-refractivity contribution in [1.29, 1.82) is 0 Å². The Balaban J connectivity index is 2.29. The molecule has 0 bridgehead atoms. The van der Waals surface area contributed by atoms with Gasteiger partial charge in [0.2, 0.25) is 0 Å². The van der Waals surface area contributed by atoms with E-state index in [1.807, 2.05) is 62.4 Å². The van der Waals surface area contributed by atoms with Gasteiger partial charge in [-0.3, -0.25) is 0 Å². The summed E-state index contributed by atoms with van der Waals surface area (Å²) in [5, 5.41) is 10.5. The van der Waals surface area contributed by atoms with Crippen LogP contribution in [-0.2, 0) is 0 Å². The number of para-hydroxylation sites is 1. The Morgan fingerprint density at radius 1 is 0.950 bits per heavy atom. The van der Waals surface area contributed by atoms with E-state index < -0.39 is 6.10 Å². The summed E-state index contributed by atoms with van der Waals surface area (Å²) in [5.41, 5.74) is 1.58. The quantitative estimate of drug-likeness (QED) is 0.904. The van der Waals surface area contributed by atoms with Crippen molar-refractivity contribution in [2.45, 2.75) is 26.1 Å². The molecule has 2 rings (SSSR count). The number of hydrogen-bond acceptors (Lipinski definition) is 3. The van der Waals surface area contributed by atoms with E-state index in [1.54, 1.807) is 7.11 Å². The first-order valence-electron chi connectivity index (χ1n) is 6.69. The zero-order valence-corrected chi connectivity index (χ0v) is 12.0. The number of methoxy groups -OCH3 is 1. The van der Waals surface area contributed by atoms with Crippen LogP contribution in [0.3, 0.4) is 0 Å². The molecule has 0 aliphatic rings. The van der Waals surface area contributed by atoms with Gasteiger partial charge in [0.1, 0.15) is 17.6 Å². The molecule has 0 spiro atoms. The number of aliphatic hydroxyl groups is 1. The fourth-order valence-corrected chi connectivity index (χ4v) is 2.03. The van der Waals surface area contributed by atoms with Crippen LogP contribution in [0, 0.1) is 0 Å². The summed E-state index contributed by atoms with van der Waals surface area (Å²) in [4.78, 5) is 0. The van der Waals surface area contributed by atoms with Crippen LogP contribution in [0.1, 0.15) is 31.1 Å². The van der Waals surface area contributed by atoms with Gasteiger partial charge in [0.15, 0.2) is 0 Å². The van der Waals surface area contributed by atoms with E-state index in [1.165, 1.54) is 0 Å². The average molecular weight is 272 g/mol. The summed E-state index contributed by atoms with van der Waals surface area (Å²) in [7, 11) is 1.62. The first-order valence-corrected chi connectivity index (χ1v) is 6.69. The molecule has 2 aromatic carbocycles. The second kappa shape index (κ2) is 6.44. The lowest BCUT2D eigenvalue weighted by Gasteiger charge is -2.18. The van der Waals surface area contributed by atoms with Crippen LogP contribution < -0.4 is 9.47 Å². The molecule has 1 unspecified atom stereocenters. The molecule has 2 aromatic rings. The SMILES string of the molecule is COc1ccc(C(O)c2ccccc2OC(C)C)cc1. The molecule has 0 amide bonds. The molecule has 0 saturated carbocycles. The number of rotatable bonds is 5. The van der Waals surface area contributed by atoms with Crippen molar-refractivity contribution in [1.82, 2.24) is 0 Å². The normalized spacial score (nSPS) is 12.2. The maximum absolute atomic E-state index is 10.5. The van der Waals surface area contributed by atoms with E-state index in [-0.39, 0.29) is 6.10 Å². The van der Waals surface area contributed by atoms with E-state index in [0.29, 0.717) is 5.75 Å². The predicted octanol–water partition coefficient (Wildman–Crippen LogP) is 3.56. The zero-order valence-electron chi connectivity index (χ0n) is 12.0. The average Bonchev–Trinajstić information content (AvgIpc) is 2.46. The summed E-state index contributed by atoms with van der Waals surface area (Å²) >= 11 is 0. The number of hydrogen-bond donors (Lipinski definition) is 1. The molecule has 0 aliphatic carbocycles. The van der Waals surface area contributed by atoms with Crippen molar-refractivity contribution in [2.24, 2.45) is 0 Å². The van der Waals surface area contributed by atoms with Crippen LogP contribution in [0.15, 0.2) is 48.5 Å². The molecule has 0 aromatic heterocycles. The number of ether oxygens (including phenoxy) is 2. The first kappa shape index (κ1) is 14.4. The molecular formula is C17H20O3. The van der Waals surface area contributed by atoms with Gasteiger partial charge in [-0.2, -0.15) is 0 Å². The van der Waals surface area contributed by atoms with E-state index in [0.717, 1.165) is 16.9 Å². The molecule has 0 radical (unpaired) electrons. The van der Waals surface area contributed by atoms with Crippen LogP contribution in [0.4, 0.5) is 0 Å². The Kier molecular flexibility index (Phi) is 4.64. The second-order valence-corrected chi connectivity index (χ2v) is 4.88. The third kappa shape index (κ3) is 3.31. The molecule has 1 N–H and O–H groups in total. The maximum Gasteiger partial charge on any atom is 0.125 e. The van der Waals surface area contributed by atoms with Crippen molar-refractivity contribution >= 4 is 0 Å². The van der Waals surface area contributed by atoms with Gasteiger partial charge in [0.05, 0.1) is 13.2 Å². The second-order valence-electron chi connectivity index (χ2n) is 4.88. The van der Waals surface area contributed by atoms with Crippen molar-refractivity contribution in [2.75, 3.05) is 7.11 Å². The Hall–Kier alpha value is -2.00. The van der Waals surface area contributed by atoms with Crippen molar-refractivity contribution in [3.63, 3.8) is 0 Å². The Labute approximate surface area is 119 Å². The third-order valence-electron chi connectivity index (χ3n) is 3.01. The molecule has 20 heavy (non-hydrogen) atoms. The highest BCUT2D eigenvalue weighted by Gasteiger charge is 2.16. The van der Waals surface area contributed by atoms with Crippen molar-refractivity contribution < 1.29 is 14.6 Å². The highest BCUT2D eigenvalue weighted by molar-refractivity contribution is 5.41. The number of aliphatic hydroxyl groups excluding tert-OH is 1. The van der Waals surface area contributed by atoms with Gasteiger partial charge in [-0.15, -0.1) is 0 Å². The minimum atomic E-state index is -0.712. The van der Waals surface area contributed by atoms with E-state index in [4.69, 9.17) is 9.47 Å². The van der Waals surface area contributed by atoms with Crippen LogP contribution >= 0.6 is 0 Å². The largest absolute Gasteiger partial charge is 0.497 e. The maximum atomic E-state index is 10.5. The number of benzene rings is 2. The Morgan fingerprint density at radius 3 is 2.20 bits per heavy atom. The third-order valence-corrected chi connectivity index (χ3v) is 3.01. The van der Waals surface area contributed by atoms with Crippen molar-refractivity contribution in [3.8, 4) is 11.5 Å².